The SMILES string of the molecule is [O-][n+]1cc(-c2cc(Cl)ccc2-n2cnnn2)ccc1C(Cn1ccc(C2CCOCC2)n1)n1cc(-c2ccnc(C(F)(F)F)c2)cn1. The molecule has 1 atom stereocenters. The third kappa shape index (κ3) is 6.44. The van der Waals surface area contributed by atoms with E-state index in [1.165, 1.54) is 29.5 Å². The van der Waals surface area contributed by atoms with E-state index < -0.39 is 17.9 Å². The zero-order valence-electron chi connectivity index (χ0n) is 24.6. The largest absolute Gasteiger partial charge is 0.618 e. The predicted molar refractivity (Wildman–Crippen MR) is 162 cm³/mol. The Kier molecular flexibility index (Phi) is 8.15. The summed E-state index contributed by atoms with van der Waals surface area (Å²) in [5.74, 6) is 0.269. The van der Waals surface area contributed by atoms with Crippen LogP contribution < -0.4 is 4.73 Å². The van der Waals surface area contributed by atoms with Crippen LogP contribution in [-0.2, 0) is 17.5 Å². The van der Waals surface area contributed by atoms with Crippen molar-refractivity contribution < 1.29 is 22.6 Å². The van der Waals surface area contributed by atoms with Crippen molar-refractivity contribution in [3.8, 4) is 27.9 Å². The Labute approximate surface area is 270 Å². The van der Waals surface area contributed by atoms with Crippen LogP contribution in [-0.4, -0.2) is 58.0 Å². The van der Waals surface area contributed by atoms with Crippen molar-refractivity contribution in [2.24, 2.45) is 0 Å². The molecule has 6 heterocycles. The third-order valence-electron chi connectivity index (χ3n) is 8.12. The minimum absolute atomic E-state index is 0.225. The average Bonchev–Trinajstić information content (AvgIpc) is 3.87. The standard InChI is InChI=1S/C31H26ClF3N10O2/c32-24-2-4-27(44-19-37-40-41-44)25(14-24)22-1-3-28(45(46)17-22)29(18-42-10-6-26(39-42)20-7-11-47-12-8-20)43-16-23(15-38-43)21-5-9-36-30(13-21)31(33,34)35/h1-6,9-10,13-17,19-20,29H,7-8,11-12,18H2. The molecule has 16 heteroatoms. The Hall–Kier alpha value is -5.15. The summed E-state index contributed by atoms with van der Waals surface area (Å²) in [7, 11) is 0. The fourth-order valence-electron chi connectivity index (χ4n) is 5.72. The summed E-state index contributed by atoms with van der Waals surface area (Å²) in [5.41, 5.74) is 2.80. The van der Waals surface area contributed by atoms with Crippen molar-refractivity contribution in [3.63, 3.8) is 0 Å². The summed E-state index contributed by atoms with van der Waals surface area (Å²) in [6, 6.07) is 12.4. The van der Waals surface area contributed by atoms with Gasteiger partial charge in [0.15, 0.2) is 12.2 Å². The molecule has 0 aliphatic carbocycles. The van der Waals surface area contributed by atoms with E-state index in [0.29, 0.717) is 51.9 Å². The lowest BCUT2D eigenvalue weighted by Crippen LogP contribution is -2.37. The van der Waals surface area contributed by atoms with Crippen molar-refractivity contribution >= 4 is 11.6 Å². The lowest BCUT2D eigenvalue weighted by atomic mass is 9.97. The summed E-state index contributed by atoms with van der Waals surface area (Å²) in [6.07, 6.45) is 6.06. The Morgan fingerprint density at radius 3 is 2.66 bits per heavy atom. The molecule has 5 aromatic heterocycles. The molecule has 1 aliphatic heterocycles. The van der Waals surface area contributed by atoms with E-state index in [1.807, 2.05) is 12.3 Å². The molecule has 0 N–H and O–H groups in total. The van der Waals surface area contributed by atoms with Gasteiger partial charge in [0.25, 0.3) is 0 Å². The number of ether oxygens (including phenoxy) is 1. The van der Waals surface area contributed by atoms with Gasteiger partial charge in [-0.25, -0.2) is 0 Å². The number of hydrogen-bond acceptors (Lipinski definition) is 8. The van der Waals surface area contributed by atoms with Crippen LogP contribution in [0, 0.1) is 5.21 Å². The zero-order chi connectivity index (χ0) is 32.5. The van der Waals surface area contributed by atoms with Gasteiger partial charge in [0.1, 0.15) is 12.0 Å². The van der Waals surface area contributed by atoms with Crippen LogP contribution in [0.5, 0.6) is 0 Å². The summed E-state index contributed by atoms with van der Waals surface area (Å²) in [4.78, 5) is 3.46. The molecule has 0 spiro atoms. The molecule has 240 valence electrons. The van der Waals surface area contributed by atoms with E-state index in [4.69, 9.17) is 21.4 Å². The van der Waals surface area contributed by atoms with Crippen LogP contribution in [0.2, 0.25) is 5.02 Å². The van der Waals surface area contributed by atoms with E-state index in [0.717, 1.165) is 35.5 Å². The van der Waals surface area contributed by atoms with Crippen LogP contribution in [0.4, 0.5) is 13.2 Å². The van der Waals surface area contributed by atoms with Gasteiger partial charge < -0.3 is 9.94 Å². The molecule has 1 unspecified atom stereocenters. The molecule has 0 saturated carbocycles. The number of hydrogen-bond donors (Lipinski definition) is 0. The first kappa shape index (κ1) is 30.5. The first-order valence-corrected chi connectivity index (χ1v) is 15.1. The van der Waals surface area contributed by atoms with Gasteiger partial charge in [-0.2, -0.15) is 32.8 Å². The van der Waals surface area contributed by atoms with Crippen LogP contribution in [0.1, 0.15) is 41.9 Å². The number of tetrazole rings is 1. The second-order valence-electron chi connectivity index (χ2n) is 11.1. The van der Waals surface area contributed by atoms with E-state index in [9.17, 15) is 18.4 Å². The lowest BCUT2D eigenvalue weighted by Gasteiger charge is -2.20. The van der Waals surface area contributed by atoms with Crippen LogP contribution >= 0.6 is 11.6 Å². The van der Waals surface area contributed by atoms with E-state index in [1.54, 1.807) is 45.9 Å². The normalized spacial score (nSPS) is 14.8. The topological polar surface area (TPSA) is 128 Å². The Balaban J connectivity index is 1.26. The summed E-state index contributed by atoms with van der Waals surface area (Å²) < 4.78 is 51.2. The van der Waals surface area contributed by atoms with Crippen molar-refractivity contribution in [2.75, 3.05) is 13.2 Å². The predicted octanol–water partition coefficient (Wildman–Crippen LogP) is 5.27. The highest BCUT2D eigenvalue weighted by Gasteiger charge is 2.33. The molecule has 12 nitrogen and oxygen atoms in total. The van der Waals surface area contributed by atoms with Crippen LogP contribution in [0.25, 0.3) is 27.9 Å². The molecule has 7 rings (SSSR count). The van der Waals surface area contributed by atoms with Crippen molar-refractivity contribution in [1.82, 2.24) is 44.8 Å². The minimum atomic E-state index is -4.60. The number of benzene rings is 1. The second-order valence-corrected chi connectivity index (χ2v) is 11.5. The highest BCUT2D eigenvalue weighted by Crippen LogP contribution is 2.33. The molecule has 1 aromatic carbocycles. The summed E-state index contributed by atoms with van der Waals surface area (Å²) in [5, 5.41) is 35.0. The van der Waals surface area contributed by atoms with Gasteiger partial charge in [-0.3, -0.25) is 14.3 Å². The quantitative estimate of drug-likeness (QED) is 0.159. The highest BCUT2D eigenvalue weighted by atomic mass is 35.5. The second kappa shape index (κ2) is 12.6. The molecule has 0 bridgehead atoms. The van der Waals surface area contributed by atoms with Crippen molar-refractivity contribution in [2.45, 2.75) is 37.5 Å². The lowest BCUT2D eigenvalue weighted by molar-refractivity contribution is -0.615. The maximum atomic E-state index is 13.8. The van der Waals surface area contributed by atoms with Gasteiger partial charge in [-0.05, 0) is 71.3 Å². The summed E-state index contributed by atoms with van der Waals surface area (Å²) in [6.45, 7) is 1.57. The first-order chi connectivity index (χ1) is 22.7. The Morgan fingerprint density at radius 1 is 1.04 bits per heavy atom. The molecule has 1 saturated heterocycles. The van der Waals surface area contributed by atoms with Gasteiger partial charge in [0.05, 0.1) is 24.1 Å². The molecule has 1 fully saturated rings. The summed E-state index contributed by atoms with van der Waals surface area (Å²) >= 11 is 6.33. The van der Waals surface area contributed by atoms with Crippen molar-refractivity contribution in [1.29, 1.82) is 0 Å². The Morgan fingerprint density at radius 2 is 1.89 bits per heavy atom. The van der Waals surface area contributed by atoms with E-state index in [2.05, 4.69) is 25.6 Å². The van der Waals surface area contributed by atoms with Crippen LogP contribution in [0.3, 0.4) is 0 Å². The highest BCUT2D eigenvalue weighted by molar-refractivity contribution is 6.31. The smallest absolute Gasteiger partial charge is 0.433 e. The molecule has 0 radical (unpaired) electrons. The number of rotatable bonds is 8. The van der Waals surface area contributed by atoms with E-state index >= 15 is 0 Å². The van der Waals surface area contributed by atoms with Crippen molar-refractivity contribution in [3.05, 3.63) is 113 Å². The minimum Gasteiger partial charge on any atom is -0.618 e. The van der Waals surface area contributed by atoms with Gasteiger partial charge in [0.2, 0.25) is 5.69 Å². The number of pyridine rings is 2. The molecule has 1 aliphatic rings. The maximum absolute atomic E-state index is 13.8. The van der Waals surface area contributed by atoms with Crippen LogP contribution in [0.15, 0.2) is 85.8 Å². The first-order valence-electron chi connectivity index (χ1n) is 14.7. The average molecular weight is 663 g/mol. The molecule has 0 amide bonds. The van der Waals surface area contributed by atoms with Gasteiger partial charge in [-0.1, -0.05) is 11.6 Å². The van der Waals surface area contributed by atoms with Gasteiger partial charge in [0, 0.05) is 65.5 Å². The molecular formula is C31H26ClF3N10O2. The van der Waals surface area contributed by atoms with E-state index in [-0.39, 0.29) is 12.5 Å². The monoisotopic (exact) mass is 662 g/mol. The molecule has 6 aromatic rings. The number of nitrogens with zero attached hydrogens (tertiary/aromatic N) is 10. The van der Waals surface area contributed by atoms with Gasteiger partial charge in [-0.15, -0.1) is 5.10 Å². The number of aromatic nitrogens is 10. The fraction of sp³-hybridized carbons (Fsp3) is 0.258. The zero-order valence-corrected chi connectivity index (χ0v) is 25.3. The number of halogens is 4. The third-order valence-corrected chi connectivity index (χ3v) is 8.35. The fourth-order valence-corrected chi connectivity index (χ4v) is 5.90. The maximum Gasteiger partial charge on any atom is 0.433 e. The number of alkyl halides is 3. The van der Waals surface area contributed by atoms with Gasteiger partial charge >= 0.3 is 6.18 Å². The molecular weight excluding hydrogens is 637 g/mol. The Bertz CT molecular complexity index is 2000. The molecule has 47 heavy (non-hydrogen) atoms.